The Morgan fingerprint density at radius 3 is 2.58 bits per heavy atom. The molecule has 0 radical (unpaired) electrons. The first kappa shape index (κ1) is 22.4. The molecule has 3 heterocycles. The van der Waals surface area contributed by atoms with Crippen molar-refractivity contribution in [1.29, 1.82) is 0 Å². The molecule has 9 nitrogen and oxygen atoms in total. The van der Waals surface area contributed by atoms with Crippen molar-refractivity contribution in [3.63, 3.8) is 0 Å². The summed E-state index contributed by atoms with van der Waals surface area (Å²) >= 11 is 0. The summed E-state index contributed by atoms with van der Waals surface area (Å²) < 4.78 is 1.79. The van der Waals surface area contributed by atoms with Gasteiger partial charge in [-0.1, -0.05) is 24.3 Å². The predicted octanol–water partition coefficient (Wildman–Crippen LogP) is 2.33. The predicted molar refractivity (Wildman–Crippen MR) is 139 cm³/mol. The maximum Gasteiger partial charge on any atom is 0.254 e. The fourth-order valence-electron chi connectivity index (χ4n) is 5.11. The summed E-state index contributed by atoms with van der Waals surface area (Å²) in [5.74, 6) is -0.315. The minimum absolute atomic E-state index is 0.0821. The molecule has 2 aliphatic rings. The SMILES string of the molecule is NC(=O)c1cn(-c2ccc3c(c2)CCC3)c2nc(N(c3ccccc3)N3CCNCC3)ncc2c1=O. The molecule has 0 unspecified atom stereocenters. The van der Waals surface area contributed by atoms with Crippen molar-refractivity contribution >= 4 is 28.6 Å². The van der Waals surface area contributed by atoms with Crippen molar-refractivity contribution in [2.75, 3.05) is 31.2 Å². The van der Waals surface area contributed by atoms with Crippen molar-refractivity contribution in [1.82, 2.24) is 24.9 Å². The second-order valence-electron chi connectivity index (χ2n) is 9.17. The van der Waals surface area contributed by atoms with Gasteiger partial charge in [0.1, 0.15) is 5.56 Å². The molecule has 182 valence electrons. The van der Waals surface area contributed by atoms with Gasteiger partial charge in [0.25, 0.3) is 5.91 Å². The van der Waals surface area contributed by atoms with Gasteiger partial charge in [-0.2, -0.15) is 4.98 Å². The first-order valence-corrected chi connectivity index (χ1v) is 12.3. The monoisotopic (exact) mass is 481 g/mol. The molecule has 1 aliphatic heterocycles. The highest BCUT2D eigenvalue weighted by molar-refractivity contribution is 5.96. The third-order valence-corrected chi connectivity index (χ3v) is 6.92. The van der Waals surface area contributed by atoms with Crippen LogP contribution in [0.3, 0.4) is 0 Å². The highest BCUT2D eigenvalue weighted by Gasteiger charge is 2.25. The van der Waals surface area contributed by atoms with E-state index in [1.807, 2.05) is 41.4 Å². The Morgan fingerprint density at radius 2 is 1.81 bits per heavy atom. The molecular formula is C27H27N7O2. The van der Waals surface area contributed by atoms with Gasteiger partial charge in [-0.25, -0.2) is 15.0 Å². The molecule has 0 bridgehead atoms. The number of amides is 1. The van der Waals surface area contributed by atoms with Crippen LogP contribution in [0.15, 0.2) is 65.7 Å². The van der Waals surface area contributed by atoms with Crippen LogP contribution in [0.5, 0.6) is 0 Å². The van der Waals surface area contributed by atoms with Gasteiger partial charge in [0.05, 0.1) is 11.1 Å². The number of fused-ring (bicyclic) bond motifs is 2. The number of nitrogens with one attached hydrogen (secondary N) is 1. The molecular weight excluding hydrogens is 454 g/mol. The lowest BCUT2D eigenvalue weighted by molar-refractivity contribution is 0.0999. The van der Waals surface area contributed by atoms with Gasteiger partial charge in [0, 0.05) is 44.3 Å². The normalized spacial score (nSPS) is 15.7. The van der Waals surface area contributed by atoms with E-state index in [9.17, 15) is 9.59 Å². The zero-order chi connectivity index (χ0) is 24.6. The number of nitrogens with two attached hydrogens (primary N) is 1. The van der Waals surface area contributed by atoms with Gasteiger partial charge >= 0.3 is 0 Å². The zero-order valence-electron chi connectivity index (χ0n) is 19.9. The lowest BCUT2D eigenvalue weighted by Gasteiger charge is -2.37. The molecule has 36 heavy (non-hydrogen) atoms. The van der Waals surface area contributed by atoms with Crippen molar-refractivity contribution in [3.05, 3.63) is 87.8 Å². The van der Waals surface area contributed by atoms with E-state index in [1.165, 1.54) is 23.5 Å². The van der Waals surface area contributed by atoms with Gasteiger partial charge in [-0.3, -0.25) is 9.59 Å². The van der Waals surface area contributed by atoms with E-state index < -0.39 is 11.3 Å². The fourth-order valence-corrected chi connectivity index (χ4v) is 5.11. The van der Waals surface area contributed by atoms with Crippen molar-refractivity contribution in [3.8, 4) is 5.69 Å². The standard InChI is InChI=1S/C27H27N7O2/c28-25(36)23-17-33(21-10-9-18-5-4-6-19(18)15-21)26-22(24(23)35)16-30-27(31-26)34(20-7-2-1-3-8-20)32-13-11-29-12-14-32/h1-3,7-10,15-17,29H,4-6,11-14H2,(H2,28,36). The summed E-state index contributed by atoms with van der Waals surface area (Å²) in [7, 11) is 0. The van der Waals surface area contributed by atoms with E-state index in [2.05, 4.69) is 27.4 Å². The number of rotatable bonds is 5. The molecule has 9 heteroatoms. The molecule has 6 rings (SSSR count). The number of hydrogen-bond acceptors (Lipinski definition) is 7. The van der Waals surface area contributed by atoms with Crippen LogP contribution in [0.25, 0.3) is 16.7 Å². The fraction of sp³-hybridized carbons (Fsp3) is 0.259. The smallest absolute Gasteiger partial charge is 0.254 e. The Kier molecular flexibility index (Phi) is 5.71. The third kappa shape index (κ3) is 3.92. The van der Waals surface area contributed by atoms with Gasteiger partial charge in [0.2, 0.25) is 11.4 Å². The molecule has 2 aromatic heterocycles. The number of carbonyl (C=O) groups excluding carboxylic acids is 1. The Hall–Kier alpha value is -4.08. The summed E-state index contributed by atoms with van der Waals surface area (Å²) in [6.07, 6.45) is 6.22. The highest BCUT2D eigenvalue weighted by atomic mass is 16.2. The minimum Gasteiger partial charge on any atom is -0.365 e. The van der Waals surface area contributed by atoms with Crippen LogP contribution in [-0.4, -0.2) is 51.6 Å². The number of anilines is 2. The number of carbonyl (C=O) groups is 1. The van der Waals surface area contributed by atoms with Crippen LogP contribution in [-0.2, 0) is 12.8 Å². The van der Waals surface area contributed by atoms with Crippen LogP contribution in [0.2, 0.25) is 0 Å². The van der Waals surface area contributed by atoms with E-state index in [0.29, 0.717) is 11.6 Å². The van der Waals surface area contributed by atoms with E-state index >= 15 is 0 Å². The number of nitrogens with zero attached hydrogens (tertiary/aromatic N) is 5. The second kappa shape index (κ2) is 9.18. The number of piperazine rings is 1. The average Bonchev–Trinajstić information content (AvgIpc) is 3.38. The van der Waals surface area contributed by atoms with E-state index in [4.69, 9.17) is 10.7 Å². The van der Waals surface area contributed by atoms with Crippen molar-refractivity contribution in [2.24, 2.45) is 5.73 Å². The molecule has 0 spiro atoms. The molecule has 0 saturated carbocycles. The van der Waals surface area contributed by atoms with Crippen LogP contribution >= 0.6 is 0 Å². The molecule has 1 saturated heterocycles. The van der Waals surface area contributed by atoms with Gasteiger partial charge in [-0.15, -0.1) is 0 Å². The maximum absolute atomic E-state index is 13.2. The lowest BCUT2D eigenvalue weighted by Crippen LogP contribution is -2.51. The Bertz CT molecular complexity index is 1510. The number of pyridine rings is 1. The average molecular weight is 482 g/mol. The van der Waals surface area contributed by atoms with Gasteiger partial charge in [0.15, 0.2) is 5.65 Å². The number of aryl methyl sites for hydroxylation is 2. The van der Waals surface area contributed by atoms with E-state index in [-0.39, 0.29) is 10.9 Å². The van der Waals surface area contributed by atoms with Crippen LogP contribution in [0.1, 0.15) is 27.9 Å². The number of benzene rings is 2. The number of hydrazine groups is 1. The third-order valence-electron chi connectivity index (χ3n) is 6.92. The number of hydrogen-bond donors (Lipinski definition) is 2. The number of aromatic nitrogens is 3. The Balaban J connectivity index is 1.57. The van der Waals surface area contributed by atoms with Crippen LogP contribution < -0.4 is 21.5 Å². The zero-order valence-corrected chi connectivity index (χ0v) is 19.9. The number of primary amides is 1. The topological polar surface area (TPSA) is 109 Å². The van der Waals surface area contributed by atoms with Crippen molar-refractivity contribution in [2.45, 2.75) is 19.3 Å². The quantitative estimate of drug-likeness (QED) is 0.450. The Morgan fingerprint density at radius 1 is 1.03 bits per heavy atom. The summed E-state index contributed by atoms with van der Waals surface area (Å²) in [6.45, 7) is 3.26. The summed E-state index contributed by atoms with van der Waals surface area (Å²) in [6, 6.07) is 16.2. The molecule has 2 aromatic carbocycles. The van der Waals surface area contributed by atoms with E-state index in [1.54, 1.807) is 4.57 Å². The summed E-state index contributed by atoms with van der Waals surface area (Å²) in [5.41, 5.74) is 9.85. The van der Waals surface area contributed by atoms with E-state index in [0.717, 1.165) is 56.8 Å². The van der Waals surface area contributed by atoms with Crippen LogP contribution in [0.4, 0.5) is 11.6 Å². The second-order valence-corrected chi connectivity index (χ2v) is 9.17. The molecule has 3 N–H and O–H groups in total. The molecule has 1 amide bonds. The molecule has 4 aromatic rings. The molecule has 0 atom stereocenters. The maximum atomic E-state index is 13.2. The first-order valence-electron chi connectivity index (χ1n) is 12.3. The van der Waals surface area contributed by atoms with Crippen LogP contribution in [0, 0.1) is 0 Å². The minimum atomic E-state index is -0.771. The number of para-hydroxylation sites is 1. The summed E-state index contributed by atoms with van der Waals surface area (Å²) in [5, 5.41) is 7.83. The highest BCUT2D eigenvalue weighted by Crippen LogP contribution is 2.28. The van der Waals surface area contributed by atoms with Crippen molar-refractivity contribution < 1.29 is 4.79 Å². The van der Waals surface area contributed by atoms with Gasteiger partial charge < -0.3 is 15.6 Å². The largest absolute Gasteiger partial charge is 0.365 e. The lowest BCUT2D eigenvalue weighted by atomic mass is 10.1. The molecule has 1 fully saturated rings. The van der Waals surface area contributed by atoms with Gasteiger partial charge in [-0.05, 0) is 54.7 Å². The molecule has 1 aliphatic carbocycles. The first-order chi connectivity index (χ1) is 17.6. The Labute approximate surface area is 208 Å². The summed E-state index contributed by atoms with van der Waals surface area (Å²) in [4.78, 5) is 34.8.